The van der Waals surface area contributed by atoms with Gasteiger partial charge in [0.15, 0.2) is 5.78 Å². The summed E-state index contributed by atoms with van der Waals surface area (Å²) in [7, 11) is 4.62. The minimum atomic E-state index is -1.12. The third-order valence-corrected chi connectivity index (χ3v) is 7.33. The molecule has 1 N–H and O–H groups in total. The second kappa shape index (κ2) is 12.3. The van der Waals surface area contributed by atoms with E-state index >= 15 is 0 Å². The van der Waals surface area contributed by atoms with Crippen molar-refractivity contribution in [3.63, 3.8) is 0 Å². The number of carbonyl (C=O) groups excluding carboxylic acids is 3. The van der Waals surface area contributed by atoms with Crippen LogP contribution in [0.3, 0.4) is 0 Å². The van der Waals surface area contributed by atoms with Crippen LogP contribution in [0.15, 0.2) is 65.0 Å². The predicted octanol–water partition coefficient (Wildman–Crippen LogP) is 4.43. The molecule has 0 saturated heterocycles. The van der Waals surface area contributed by atoms with Crippen LogP contribution in [0, 0.1) is 5.92 Å². The SMILES string of the molecule is CCOC(=O)C1=C(C)NC2=C(C(=O)[C@H](C(=O)OCC)[C@@H](c3cccc(OC)c3)C2)[C@@H]1c1ccc(OC)cc1OC. The molecular formula is C31H35NO8. The molecule has 9 nitrogen and oxygen atoms in total. The molecule has 0 aromatic heterocycles. The number of Topliss-reactive ketones (excluding diaryl/α,β-unsaturated/α-hetero) is 1. The Bertz CT molecular complexity index is 1380. The molecule has 2 aromatic rings. The first-order valence-electron chi connectivity index (χ1n) is 13.2. The van der Waals surface area contributed by atoms with Crippen LogP contribution >= 0.6 is 0 Å². The lowest BCUT2D eigenvalue weighted by atomic mass is 9.67. The Morgan fingerprint density at radius 3 is 2.27 bits per heavy atom. The van der Waals surface area contributed by atoms with Crippen molar-refractivity contribution in [2.45, 2.75) is 39.0 Å². The van der Waals surface area contributed by atoms with E-state index in [4.69, 9.17) is 23.7 Å². The van der Waals surface area contributed by atoms with Crippen molar-refractivity contribution in [3.8, 4) is 17.2 Å². The second-order valence-corrected chi connectivity index (χ2v) is 9.50. The topological polar surface area (TPSA) is 109 Å². The van der Waals surface area contributed by atoms with Crippen molar-refractivity contribution in [1.29, 1.82) is 0 Å². The van der Waals surface area contributed by atoms with Gasteiger partial charge < -0.3 is 29.0 Å². The van der Waals surface area contributed by atoms with Crippen LogP contribution < -0.4 is 19.5 Å². The predicted molar refractivity (Wildman–Crippen MR) is 147 cm³/mol. The molecule has 1 aliphatic carbocycles. The molecule has 2 aromatic carbocycles. The van der Waals surface area contributed by atoms with Gasteiger partial charge in [-0.25, -0.2) is 4.79 Å². The highest BCUT2D eigenvalue weighted by atomic mass is 16.5. The maximum absolute atomic E-state index is 14.5. The van der Waals surface area contributed by atoms with E-state index in [2.05, 4.69) is 5.32 Å². The molecule has 0 fully saturated rings. The van der Waals surface area contributed by atoms with Crippen LogP contribution in [0.2, 0.25) is 0 Å². The third-order valence-electron chi connectivity index (χ3n) is 7.33. The fourth-order valence-electron chi connectivity index (χ4n) is 5.57. The van der Waals surface area contributed by atoms with E-state index < -0.39 is 35.5 Å². The van der Waals surface area contributed by atoms with E-state index in [9.17, 15) is 14.4 Å². The number of rotatable bonds is 9. The second-order valence-electron chi connectivity index (χ2n) is 9.50. The summed E-state index contributed by atoms with van der Waals surface area (Å²) in [6, 6.07) is 12.5. The zero-order valence-corrected chi connectivity index (χ0v) is 23.7. The first-order chi connectivity index (χ1) is 19.3. The van der Waals surface area contributed by atoms with Crippen LogP contribution in [0.5, 0.6) is 17.2 Å². The van der Waals surface area contributed by atoms with Gasteiger partial charge in [0, 0.05) is 34.5 Å². The van der Waals surface area contributed by atoms with Crippen molar-refractivity contribution < 1.29 is 38.1 Å². The van der Waals surface area contributed by atoms with Gasteiger partial charge in [-0.2, -0.15) is 0 Å². The maximum Gasteiger partial charge on any atom is 0.336 e. The fourth-order valence-corrected chi connectivity index (χ4v) is 5.57. The smallest absolute Gasteiger partial charge is 0.336 e. The van der Waals surface area contributed by atoms with Gasteiger partial charge in [0.05, 0.1) is 46.0 Å². The molecule has 4 rings (SSSR count). The maximum atomic E-state index is 14.5. The lowest BCUT2D eigenvalue weighted by molar-refractivity contribution is -0.152. The number of benzene rings is 2. The van der Waals surface area contributed by atoms with Gasteiger partial charge in [-0.15, -0.1) is 0 Å². The minimum absolute atomic E-state index is 0.125. The average Bonchev–Trinajstić information content (AvgIpc) is 2.96. The number of allylic oxidation sites excluding steroid dienone is 3. The van der Waals surface area contributed by atoms with Crippen molar-refractivity contribution in [2.24, 2.45) is 5.92 Å². The Kier molecular flexibility index (Phi) is 8.82. The molecule has 0 unspecified atom stereocenters. The fraction of sp³-hybridized carbons (Fsp3) is 0.387. The normalized spacial score (nSPS) is 20.4. The highest BCUT2D eigenvalue weighted by molar-refractivity contribution is 6.13. The number of methoxy groups -OCH3 is 3. The monoisotopic (exact) mass is 549 g/mol. The molecular weight excluding hydrogens is 514 g/mol. The van der Waals surface area contributed by atoms with Crippen LogP contribution in [0.25, 0.3) is 0 Å². The van der Waals surface area contributed by atoms with E-state index in [1.165, 1.54) is 7.11 Å². The van der Waals surface area contributed by atoms with E-state index in [0.29, 0.717) is 46.2 Å². The summed E-state index contributed by atoms with van der Waals surface area (Å²) >= 11 is 0. The van der Waals surface area contributed by atoms with Gasteiger partial charge in [0.25, 0.3) is 0 Å². The average molecular weight is 550 g/mol. The summed E-state index contributed by atoms with van der Waals surface area (Å²) in [5, 5.41) is 3.31. The Balaban J connectivity index is 1.95. The number of hydrogen-bond acceptors (Lipinski definition) is 9. The molecule has 1 heterocycles. The number of carbonyl (C=O) groups is 3. The molecule has 2 aliphatic rings. The van der Waals surface area contributed by atoms with E-state index in [1.54, 1.807) is 53.2 Å². The third kappa shape index (κ3) is 5.28. The summed E-state index contributed by atoms with van der Waals surface area (Å²) in [6.07, 6.45) is 0.333. The molecule has 0 bridgehead atoms. The summed E-state index contributed by atoms with van der Waals surface area (Å²) in [6.45, 7) is 5.49. The lowest BCUT2D eigenvalue weighted by Gasteiger charge is -2.39. The minimum Gasteiger partial charge on any atom is -0.497 e. The molecule has 9 heteroatoms. The quantitative estimate of drug-likeness (QED) is 0.359. The summed E-state index contributed by atoms with van der Waals surface area (Å²) in [5.41, 5.74) is 3.14. The number of ether oxygens (including phenoxy) is 5. The first-order valence-corrected chi connectivity index (χ1v) is 13.2. The molecule has 0 saturated carbocycles. The van der Waals surface area contributed by atoms with Gasteiger partial charge in [0.2, 0.25) is 0 Å². The van der Waals surface area contributed by atoms with Crippen molar-refractivity contribution in [1.82, 2.24) is 5.32 Å². The van der Waals surface area contributed by atoms with Gasteiger partial charge in [-0.3, -0.25) is 9.59 Å². The van der Waals surface area contributed by atoms with Crippen molar-refractivity contribution >= 4 is 17.7 Å². The zero-order valence-electron chi connectivity index (χ0n) is 23.7. The largest absolute Gasteiger partial charge is 0.497 e. The Morgan fingerprint density at radius 1 is 0.925 bits per heavy atom. The summed E-state index contributed by atoms with van der Waals surface area (Å²) in [4.78, 5) is 41.2. The van der Waals surface area contributed by atoms with Crippen molar-refractivity contribution in [3.05, 3.63) is 76.1 Å². The van der Waals surface area contributed by atoms with Crippen LogP contribution in [-0.2, 0) is 23.9 Å². The van der Waals surface area contributed by atoms with Gasteiger partial charge in [0.1, 0.15) is 23.2 Å². The van der Waals surface area contributed by atoms with Gasteiger partial charge in [-0.1, -0.05) is 18.2 Å². The van der Waals surface area contributed by atoms with Crippen LogP contribution in [0.1, 0.15) is 50.2 Å². The van der Waals surface area contributed by atoms with Crippen molar-refractivity contribution in [2.75, 3.05) is 34.5 Å². The highest BCUT2D eigenvalue weighted by Gasteiger charge is 2.49. The lowest BCUT2D eigenvalue weighted by Crippen LogP contribution is -2.43. The van der Waals surface area contributed by atoms with E-state index in [0.717, 1.165) is 5.56 Å². The number of ketones is 1. The Labute approximate surface area is 234 Å². The van der Waals surface area contributed by atoms with Gasteiger partial charge >= 0.3 is 11.9 Å². The first kappa shape index (κ1) is 28.7. The standard InChI is InChI=1S/C31H35NO8/c1-7-39-30(34)25-17(3)32-23-16-22(18-10-9-11-19(14-18)36-4)27(31(35)40-8-2)29(33)28(23)26(25)21-13-12-20(37-5)15-24(21)38-6/h9-15,22,26-27,32H,7-8,16H2,1-6H3/t22-,26-,27-/m1/s1. The van der Waals surface area contributed by atoms with Gasteiger partial charge in [-0.05, 0) is 51.0 Å². The Hall–Kier alpha value is -4.27. The number of nitrogens with one attached hydrogen (secondary N) is 1. The summed E-state index contributed by atoms with van der Waals surface area (Å²) < 4.78 is 27.3. The van der Waals surface area contributed by atoms with E-state index in [1.807, 2.05) is 24.3 Å². The molecule has 0 spiro atoms. The summed E-state index contributed by atoms with van der Waals surface area (Å²) in [5.74, 6) is -2.46. The molecule has 40 heavy (non-hydrogen) atoms. The molecule has 0 radical (unpaired) electrons. The molecule has 212 valence electrons. The highest BCUT2D eigenvalue weighted by Crippen LogP contribution is 2.50. The molecule has 0 amide bonds. The number of hydrogen-bond donors (Lipinski definition) is 1. The molecule has 3 atom stereocenters. The zero-order chi connectivity index (χ0) is 29.0. The molecule has 1 aliphatic heterocycles. The number of dihydropyridines is 1. The van der Waals surface area contributed by atoms with Crippen LogP contribution in [-0.4, -0.2) is 52.3 Å². The Morgan fingerprint density at radius 2 is 1.62 bits per heavy atom. The van der Waals surface area contributed by atoms with Crippen LogP contribution in [0.4, 0.5) is 0 Å². The van der Waals surface area contributed by atoms with E-state index in [-0.39, 0.29) is 18.8 Å². The number of esters is 2.